The Balaban J connectivity index is 2.25. The number of halogens is 4. The van der Waals surface area contributed by atoms with Crippen molar-refractivity contribution in [2.45, 2.75) is 19.4 Å². The van der Waals surface area contributed by atoms with Gasteiger partial charge in [-0.2, -0.15) is 0 Å². The molecule has 0 spiro atoms. The van der Waals surface area contributed by atoms with Gasteiger partial charge in [0.25, 0.3) is 5.91 Å². The van der Waals surface area contributed by atoms with Crippen molar-refractivity contribution in [1.29, 1.82) is 0 Å². The Morgan fingerprint density at radius 1 is 1.27 bits per heavy atom. The van der Waals surface area contributed by atoms with Crippen LogP contribution in [0.3, 0.4) is 0 Å². The number of benzene rings is 2. The van der Waals surface area contributed by atoms with Gasteiger partial charge in [0, 0.05) is 3.57 Å². The fourth-order valence-electron chi connectivity index (χ4n) is 1.95. The highest BCUT2D eigenvalue weighted by Gasteiger charge is 2.17. The summed E-state index contributed by atoms with van der Waals surface area (Å²) in [5, 5.41) is 12.6. The molecule has 2 rings (SSSR count). The molecule has 0 aliphatic rings. The minimum atomic E-state index is -0.699. The molecule has 5 nitrogen and oxygen atoms in total. The molecule has 0 bridgehead atoms. The highest BCUT2D eigenvalue weighted by molar-refractivity contribution is 14.1. The van der Waals surface area contributed by atoms with Gasteiger partial charge >= 0.3 is 0 Å². The van der Waals surface area contributed by atoms with Crippen LogP contribution in [0.25, 0.3) is 0 Å². The molecule has 1 unspecified atom stereocenters. The number of amides is 1. The van der Waals surface area contributed by atoms with Crippen molar-refractivity contribution in [3.05, 3.63) is 55.3 Å². The molecule has 0 aliphatic heterocycles. The second-order valence-electron chi connectivity index (χ2n) is 5.37. The highest BCUT2D eigenvalue weighted by atomic mass is 127. The summed E-state index contributed by atoms with van der Waals surface area (Å²) in [5.74, 6) is -1.32. The lowest BCUT2D eigenvalue weighted by molar-refractivity contribution is -0.0133. The van der Waals surface area contributed by atoms with Crippen molar-refractivity contribution in [1.82, 2.24) is 5.48 Å². The van der Waals surface area contributed by atoms with Gasteiger partial charge in [0.15, 0.2) is 0 Å². The quantitative estimate of drug-likeness (QED) is 0.364. The van der Waals surface area contributed by atoms with Crippen molar-refractivity contribution >= 4 is 63.1 Å². The Morgan fingerprint density at radius 3 is 2.65 bits per heavy atom. The first kappa shape index (κ1) is 21.2. The molecule has 0 fully saturated rings. The second-order valence-corrected chi connectivity index (χ2v) is 7.43. The Morgan fingerprint density at radius 2 is 2.00 bits per heavy atom. The minimum Gasteiger partial charge on any atom is -0.391 e. The average Bonchev–Trinajstić information content (AvgIpc) is 2.59. The molecule has 140 valence electrons. The van der Waals surface area contributed by atoms with Crippen LogP contribution < -0.4 is 10.8 Å². The maximum Gasteiger partial charge on any atom is 0.277 e. The van der Waals surface area contributed by atoms with Crippen molar-refractivity contribution in [3.8, 4) is 0 Å². The van der Waals surface area contributed by atoms with E-state index in [0.29, 0.717) is 17.1 Å². The molecule has 0 radical (unpaired) electrons. The summed E-state index contributed by atoms with van der Waals surface area (Å²) in [6.45, 7) is 1.71. The van der Waals surface area contributed by atoms with E-state index in [2.05, 4.69) is 33.4 Å². The number of aliphatic hydroxyl groups excluding tert-OH is 1. The summed E-state index contributed by atoms with van der Waals surface area (Å²) < 4.78 is 14.8. The molecule has 0 aliphatic carbocycles. The van der Waals surface area contributed by atoms with Crippen LogP contribution in [-0.2, 0) is 4.84 Å². The van der Waals surface area contributed by atoms with E-state index < -0.39 is 17.8 Å². The first-order chi connectivity index (χ1) is 12.3. The van der Waals surface area contributed by atoms with E-state index in [1.807, 2.05) is 6.07 Å². The number of nitrogens with one attached hydrogen (secondary N) is 2. The molecule has 0 aromatic heterocycles. The Bertz CT molecular complexity index is 808. The van der Waals surface area contributed by atoms with Crippen molar-refractivity contribution in [2.75, 3.05) is 11.9 Å². The van der Waals surface area contributed by atoms with Crippen molar-refractivity contribution < 1.29 is 19.1 Å². The van der Waals surface area contributed by atoms with Crippen LogP contribution in [0.2, 0.25) is 10.0 Å². The van der Waals surface area contributed by atoms with E-state index in [4.69, 9.17) is 28.0 Å². The van der Waals surface area contributed by atoms with Gasteiger partial charge in [0.05, 0.1) is 33.1 Å². The van der Waals surface area contributed by atoms with E-state index in [9.17, 15) is 14.3 Å². The number of carbonyl (C=O) groups excluding carboxylic acids is 1. The van der Waals surface area contributed by atoms with Crippen LogP contribution in [0.15, 0.2) is 30.3 Å². The Kier molecular flexibility index (Phi) is 7.90. The molecule has 26 heavy (non-hydrogen) atoms. The summed E-state index contributed by atoms with van der Waals surface area (Å²) in [7, 11) is 0. The summed E-state index contributed by atoms with van der Waals surface area (Å²) in [4.78, 5) is 17.3. The first-order valence-corrected chi connectivity index (χ1v) is 9.46. The molecule has 2 aromatic carbocycles. The van der Waals surface area contributed by atoms with Gasteiger partial charge in [-0.15, -0.1) is 0 Å². The number of hydrogen-bond donors (Lipinski definition) is 3. The zero-order valence-corrected chi connectivity index (χ0v) is 17.3. The summed E-state index contributed by atoms with van der Waals surface area (Å²) >= 11 is 14.1. The Labute approximate surface area is 173 Å². The van der Waals surface area contributed by atoms with E-state index >= 15 is 0 Å². The fourth-order valence-corrected chi connectivity index (χ4v) is 3.02. The maximum atomic E-state index is 13.9. The van der Waals surface area contributed by atoms with Crippen LogP contribution in [0.5, 0.6) is 0 Å². The third-order valence-electron chi connectivity index (χ3n) is 3.42. The molecule has 9 heteroatoms. The van der Waals surface area contributed by atoms with Gasteiger partial charge in [0.1, 0.15) is 12.4 Å². The predicted octanol–water partition coefficient (Wildman–Crippen LogP) is 4.91. The van der Waals surface area contributed by atoms with Gasteiger partial charge in [-0.25, -0.2) is 9.87 Å². The third kappa shape index (κ3) is 5.68. The molecule has 2 aromatic rings. The average molecular weight is 513 g/mol. The molecular weight excluding hydrogens is 497 g/mol. The lowest BCUT2D eigenvalue weighted by atomic mass is 10.1. The monoisotopic (exact) mass is 512 g/mol. The van der Waals surface area contributed by atoms with Gasteiger partial charge in [-0.05, 0) is 59.3 Å². The smallest absolute Gasteiger partial charge is 0.277 e. The molecule has 3 N–H and O–H groups in total. The van der Waals surface area contributed by atoms with Crippen LogP contribution in [0.1, 0.15) is 23.7 Å². The fraction of sp³-hybridized carbons (Fsp3) is 0.235. The second kappa shape index (κ2) is 9.70. The normalized spacial score (nSPS) is 11.9. The number of rotatable bonds is 7. The van der Waals surface area contributed by atoms with Gasteiger partial charge in [-0.1, -0.05) is 30.1 Å². The summed E-state index contributed by atoms with van der Waals surface area (Å²) in [6, 6.07) is 7.55. The molecule has 1 atom stereocenters. The minimum absolute atomic E-state index is 0.0666. The zero-order valence-electron chi connectivity index (χ0n) is 13.7. The van der Waals surface area contributed by atoms with Crippen molar-refractivity contribution in [2.24, 2.45) is 0 Å². The van der Waals surface area contributed by atoms with Crippen LogP contribution in [0, 0.1) is 9.39 Å². The number of carbonyl (C=O) groups is 1. The van der Waals surface area contributed by atoms with E-state index in [1.54, 1.807) is 19.1 Å². The third-order valence-corrected chi connectivity index (χ3v) is 4.69. The van der Waals surface area contributed by atoms with Crippen molar-refractivity contribution in [3.63, 3.8) is 0 Å². The lowest BCUT2D eigenvalue weighted by Gasteiger charge is -2.15. The molecular formula is C17H16Cl2FIN2O3. The predicted molar refractivity (Wildman–Crippen MR) is 109 cm³/mol. The number of hydroxylamine groups is 1. The number of anilines is 2. The van der Waals surface area contributed by atoms with E-state index in [-0.39, 0.29) is 22.9 Å². The molecule has 0 saturated heterocycles. The molecule has 1 amide bonds. The topological polar surface area (TPSA) is 70.6 Å². The highest BCUT2D eigenvalue weighted by Crippen LogP contribution is 2.31. The van der Waals surface area contributed by atoms with Gasteiger partial charge < -0.3 is 10.4 Å². The summed E-state index contributed by atoms with van der Waals surface area (Å²) in [5.41, 5.74) is 2.95. The first-order valence-electron chi connectivity index (χ1n) is 7.63. The van der Waals surface area contributed by atoms with E-state index in [1.165, 1.54) is 6.07 Å². The van der Waals surface area contributed by atoms with Crippen LogP contribution >= 0.6 is 45.8 Å². The number of aliphatic hydroxyl groups is 1. The Hall–Kier alpha value is -1.13. The zero-order chi connectivity index (χ0) is 19.3. The standard InChI is InChI=1S/C17H16Cl2FIN2O3/c1-2-10(24)8-26-23-17(25)11-6-12(18)14(20)7-16(11)22-15-4-3-9(21)5-13(15)19/h3-7,10,22,24H,2,8H2,1H3,(H,23,25). The van der Waals surface area contributed by atoms with Gasteiger partial charge in [-0.3, -0.25) is 9.63 Å². The summed E-state index contributed by atoms with van der Waals surface area (Å²) in [6.07, 6.45) is -0.216. The van der Waals surface area contributed by atoms with E-state index in [0.717, 1.165) is 9.64 Å². The SMILES string of the molecule is CCC(O)CONC(=O)c1cc(Cl)c(F)cc1Nc1ccc(I)cc1Cl. The lowest BCUT2D eigenvalue weighted by Crippen LogP contribution is -2.28. The maximum absolute atomic E-state index is 13.9. The van der Waals surface area contributed by atoms with Crippen LogP contribution in [0.4, 0.5) is 15.8 Å². The molecule has 0 saturated carbocycles. The molecule has 0 heterocycles. The van der Waals surface area contributed by atoms with Gasteiger partial charge in [0.2, 0.25) is 0 Å². The largest absolute Gasteiger partial charge is 0.391 e. The number of hydrogen-bond acceptors (Lipinski definition) is 4. The van der Waals surface area contributed by atoms with Crippen LogP contribution in [-0.4, -0.2) is 23.7 Å².